The second kappa shape index (κ2) is 8.58. The lowest BCUT2D eigenvalue weighted by Gasteiger charge is -2.15. The molecule has 0 amide bonds. The van der Waals surface area contributed by atoms with Crippen molar-refractivity contribution < 1.29 is 19.0 Å². The molecule has 4 heteroatoms. The van der Waals surface area contributed by atoms with E-state index in [0.717, 1.165) is 28.2 Å². The molecule has 124 valence electrons. The van der Waals surface area contributed by atoms with Gasteiger partial charge in [0, 0.05) is 17.2 Å². The van der Waals surface area contributed by atoms with Gasteiger partial charge in [-0.2, -0.15) is 0 Å². The summed E-state index contributed by atoms with van der Waals surface area (Å²) in [4.78, 5) is 11.3. The number of hydrogen-bond acceptors (Lipinski definition) is 4. The molecule has 0 spiro atoms. The maximum absolute atomic E-state index is 11.3. The van der Waals surface area contributed by atoms with Gasteiger partial charge in [-0.05, 0) is 17.7 Å². The zero-order valence-electron chi connectivity index (χ0n) is 14.0. The monoisotopic (exact) mass is 324 g/mol. The SMILES string of the molecule is COC(=O)/C=C/C=C(c1ccccc1OC)c1ccccc1OC. The topological polar surface area (TPSA) is 44.8 Å². The average molecular weight is 324 g/mol. The molecule has 4 nitrogen and oxygen atoms in total. The van der Waals surface area contributed by atoms with Crippen LogP contribution in [0.1, 0.15) is 11.1 Å². The first-order chi connectivity index (χ1) is 11.7. The molecule has 24 heavy (non-hydrogen) atoms. The van der Waals surface area contributed by atoms with Gasteiger partial charge in [-0.3, -0.25) is 0 Å². The number of allylic oxidation sites excluding steroid dienone is 2. The van der Waals surface area contributed by atoms with Crippen LogP contribution in [0.25, 0.3) is 5.57 Å². The minimum atomic E-state index is -0.411. The van der Waals surface area contributed by atoms with Crippen molar-refractivity contribution in [1.82, 2.24) is 0 Å². The van der Waals surface area contributed by atoms with Gasteiger partial charge in [-0.1, -0.05) is 48.6 Å². The second-order valence-corrected chi connectivity index (χ2v) is 4.86. The van der Waals surface area contributed by atoms with E-state index in [4.69, 9.17) is 9.47 Å². The van der Waals surface area contributed by atoms with Crippen LogP contribution in [-0.2, 0) is 9.53 Å². The van der Waals surface area contributed by atoms with Crippen LogP contribution in [0, 0.1) is 0 Å². The maximum atomic E-state index is 11.3. The van der Waals surface area contributed by atoms with Crippen LogP contribution in [0.15, 0.2) is 66.8 Å². The number of carbonyl (C=O) groups is 1. The summed E-state index contributed by atoms with van der Waals surface area (Å²) < 4.78 is 15.6. The highest BCUT2D eigenvalue weighted by atomic mass is 16.5. The predicted octanol–water partition coefficient (Wildman–Crippen LogP) is 3.86. The fourth-order valence-electron chi connectivity index (χ4n) is 2.35. The first-order valence-electron chi connectivity index (χ1n) is 7.44. The standard InChI is InChI=1S/C20H20O4/c1-22-18-12-6-4-9-16(18)15(11-8-14-20(21)24-3)17-10-5-7-13-19(17)23-2/h4-14H,1-3H3/b14-8+. The van der Waals surface area contributed by atoms with Crippen LogP contribution in [-0.4, -0.2) is 27.3 Å². The minimum absolute atomic E-state index is 0.411. The lowest BCUT2D eigenvalue weighted by molar-refractivity contribution is -0.134. The van der Waals surface area contributed by atoms with E-state index in [-0.39, 0.29) is 0 Å². The number of ether oxygens (including phenoxy) is 3. The van der Waals surface area contributed by atoms with Crippen molar-refractivity contribution in [3.05, 3.63) is 77.9 Å². The molecule has 0 radical (unpaired) electrons. The molecule has 0 atom stereocenters. The van der Waals surface area contributed by atoms with Crippen molar-refractivity contribution in [3.63, 3.8) is 0 Å². The second-order valence-electron chi connectivity index (χ2n) is 4.86. The molecule has 0 heterocycles. The molecule has 0 aliphatic carbocycles. The maximum Gasteiger partial charge on any atom is 0.330 e. The van der Waals surface area contributed by atoms with Gasteiger partial charge < -0.3 is 14.2 Å². The van der Waals surface area contributed by atoms with Crippen LogP contribution in [0.3, 0.4) is 0 Å². The summed E-state index contributed by atoms with van der Waals surface area (Å²) in [5, 5.41) is 0. The molecule has 0 N–H and O–H groups in total. The Morgan fingerprint density at radius 3 is 1.79 bits per heavy atom. The largest absolute Gasteiger partial charge is 0.496 e. The number of hydrogen-bond donors (Lipinski definition) is 0. The minimum Gasteiger partial charge on any atom is -0.496 e. The molecule has 0 unspecified atom stereocenters. The van der Waals surface area contributed by atoms with Crippen molar-refractivity contribution in [2.75, 3.05) is 21.3 Å². The molecule has 0 fully saturated rings. The summed E-state index contributed by atoms with van der Waals surface area (Å²) in [6, 6.07) is 15.4. The zero-order valence-corrected chi connectivity index (χ0v) is 14.0. The smallest absolute Gasteiger partial charge is 0.330 e. The highest BCUT2D eigenvalue weighted by Gasteiger charge is 2.13. The summed E-state index contributed by atoms with van der Waals surface area (Å²) in [5.74, 6) is 1.06. The van der Waals surface area contributed by atoms with Gasteiger partial charge in [0.05, 0.1) is 21.3 Å². The zero-order chi connectivity index (χ0) is 17.4. The molecule has 2 aromatic carbocycles. The fraction of sp³-hybridized carbons (Fsp3) is 0.150. The van der Waals surface area contributed by atoms with E-state index in [1.807, 2.05) is 54.6 Å². The summed E-state index contributed by atoms with van der Waals surface area (Å²) in [6.07, 6.45) is 4.86. The lowest BCUT2D eigenvalue weighted by atomic mass is 9.95. The number of esters is 1. The number of rotatable bonds is 6. The third kappa shape index (κ3) is 4.04. The predicted molar refractivity (Wildman–Crippen MR) is 94.2 cm³/mol. The highest BCUT2D eigenvalue weighted by molar-refractivity contribution is 5.88. The number of methoxy groups -OCH3 is 3. The first kappa shape index (κ1) is 17.3. The van der Waals surface area contributed by atoms with E-state index in [2.05, 4.69) is 4.74 Å². The molecule has 0 saturated heterocycles. The van der Waals surface area contributed by atoms with Crippen molar-refractivity contribution >= 4 is 11.5 Å². The van der Waals surface area contributed by atoms with E-state index in [0.29, 0.717) is 0 Å². The molecule has 0 saturated carbocycles. The third-order valence-corrected chi connectivity index (χ3v) is 3.49. The van der Waals surface area contributed by atoms with E-state index in [9.17, 15) is 4.79 Å². The number of para-hydroxylation sites is 2. The van der Waals surface area contributed by atoms with Crippen LogP contribution < -0.4 is 9.47 Å². The Hall–Kier alpha value is -3.01. The molecule has 0 aliphatic rings. The molecule has 2 rings (SSSR count). The van der Waals surface area contributed by atoms with E-state index in [1.54, 1.807) is 20.3 Å². The summed E-state index contributed by atoms with van der Waals surface area (Å²) in [7, 11) is 4.60. The van der Waals surface area contributed by atoms with Gasteiger partial charge in [-0.15, -0.1) is 0 Å². The average Bonchev–Trinajstić information content (AvgIpc) is 2.65. The van der Waals surface area contributed by atoms with Crippen LogP contribution >= 0.6 is 0 Å². The Labute approximate surface area is 142 Å². The van der Waals surface area contributed by atoms with Gasteiger partial charge in [0.15, 0.2) is 0 Å². The quantitative estimate of drug-likeness (QED) is 0.460. The summed E-state index contributed by atoms with van der Waals surface area (Å²) in [5.41, 5.74) is 2.68. The molecule has 0 aromatic heterocycles. The lowest BCUT2D eigenvalue weighted by Crippen LogP contribution is -1.97. The van der Waals surface area contributed by atoms with Crippen LogP contribution in [0.4, 0.5) is 0 Å². The molecule has 0 aliphatic heterocycles. The van der Waals surface area contributed by atoms with Crippen molar-refractivity contribution in [1.29, 1.82) is 0 Å². The van der Waals surface area contributed by atoms with Gasteiger partial charge in [0.2, 0.25) is 0 Å². The van der Waals surface area contributed by atoms with Crippen LogP contribution in [0.2, 0.25) is 0 Å². The normalized spacial score (nSPS) is 10.3. The van der Waals surface area contributed by atoms with Crippen molar-refractivity contribution in [2.45, 2.75) is 0 Å². The number of carbonyl (C=O) groups excluding carboxylic acids is 1. The summed E-state index contributed by atoms with van der Waals surface area (Å²) in [6.45, 7) is 0. The molecule has 2 aromatic rings. The Kier molecular flexibility index (Phi) is 6.20. The van der Waals surface area contributed by atoms with E-state index < -0.39 is 5.97 Å². The van der Waals surface area contributed by atoms with Gasteiger partial charge in [0.25, 0.3) is 0 Å². The highest BCUT2D eigenvalue weighted by Crippen LogP contribution is 2.35. The van der Waals surface area contributed by atoms with Gasteiger partial charge in [-0.25, -0.2) is 4.79 Å². The Balaban J connectivity index is 2.59. The summed E-state index contributed by atoms with van der Waals surface area (Å²) >= 11 is 0. The Morgan fingerprint density at radius 2 is 1.33 bits per heavy atom. The van der Waals surface area contributed by atoms with Crippen molar-refractivity contribution in [2.24, 2.45) is 0 Å². The number of benzene rings is 2. The fourth-order valence-corrected chi connectivity index (χ4v) is 2.35. The Bertz CT molecular complexity index is 710. The van der Waals surface area contributed by atoms with E-state index >= 15 is 0 Å². The molecule has 0 bridgehead atoms. The van der Waals surface area contributed by atoms with Crippen molar-refractivity contribution in [3.8, 4) is 11.5 Å². The van der Waals surface area contributed by atoms with Gasteiger partial charge in [0.1, 0.15) is 11.5 Å². The van der Waals surface area contributed by atoms with E-state index in [1.165, 1.54) is 13.2 Å². The van der Waals surface area contributed by atoms with Crippen LogP contribution in [0.5, 0.6) is 11.5 Å². The Morgan fingerprint density at radius 1 is 0.833 bits per heavy atom. The molecular formula is C20H20O4. The first-order valence-corrected chi connectivity index (χ1v) is 7.44. The third-order valence-electron chi connectivity index (χ3n) is 3.49. The molecular weight excluding hydrogens is 304 g/mol. The van der Waals surface area contributed by atoms with Gasteiger partial charge >= 0.3 is 5.97 Å².